The third-order valence-electron chi connectivity index (χ3n) is 2.80. The largest absolute Gasteiger partial charge is 0.480 e. The molecular formula is C12H11NO4. The zero-order chi connectivity index (χ0) is 12.6. The third-order valence-corrected chi connectivity index (χ3v) is 2.80. The molecule has 0 bridgehead atoms. The number of nitrogens with zero attached hydrogens (tertiary/aromatic N) is 1. The van der Waals surface area contributed by atoms with Gasteiger partial charge in [-0.3, -0.25) is 14.4 Å². The monoisotopic (exact) mass is 233 g/mol. The summed E-state index contributed by atoms with van der Waals surface area (Å²) in [4.78, 5) is 36.1. The van der Waals surface area contributed by atoms with Gasteiger partial charge in [0.05, 0.1) is 5.69 Å². The van der Waals surface area contributed by atoms with E-state index in [1.54, 1.807) is 31.2 Å². The second-order valence-electron chi connectivity index (χ2n) is 3.74. The highest BCUT2D eigenvalue weighted by molar-refractivity contribution is 6.29. The number of benzene rings is 1. The minimum Gasteiger partial charge on any atom is -0.480 e. The Morgan fingerprint density at radius 1 is 1.35 bits per heavy atom. The van der Waals surface area contributed by atoms with E-state index in [1.165, 1.54) is 4.90 Å². The maximum absolute atomic E-state index is 11.9. The molecule has 1 aliphatic rings. The number of rotatable bonds is 2. The second-order valence-corrected chi connectivity index (χ2v) is 3.74. The number of hydrogen-bond donors (Lipinski definition) is 1. The van der Waals surface area contributed by atoms with E-state index in [0.29, 0.717) is 17.8 Å². The van der Waals surface area contributed by atoms with Gasteiger partial charge in [0.2, 0.25) is 5.91 Å². The van der Waals surface area contributed by atoms with Gasteiger partial charge in [-0.1, -0.05) is 12.1 Å². The van der Waals surface area contributed by atoms with Crippen LogP contribution in [0.4, 0.5) is 5.69 Å². The number of carboxylic acids is 1. The zero-order valence-corrected chi connectivity index (χ0v) is 9.21. The molecule has 1 aromatic carbocycles. The van der Waals surface area contributed by atoms with Crippen molar-refractivity contribution in [3.05, 3.63) is 29.8 Å². The van der Waals surface area contributed by atoms with Crippen LogP contribution >= 0.6 is 0 Å². The van der Waals surface area contributed by atoms with Crippen molar-refractivity contribution in [3.8, 4) is 0 Å². The third kappa shape index (κ3) is 1.60. The first-order chi connectivity index (χ1) is 8.07. The Balaban J connectivity index is 2.61. The van der Waals surface area contributed by atoms with Gasteiger partial charge in [0.25, 0.3) is 0 Å². The number of para-hydroxylation sites is 1. The van der Waals surface area contributed by atoms with Crippen LogP contribution in [0.25, 0.3) is 0 Å². The molecule has 1 N–H and O–H groups in total. The first-order valence-electron chi connectivity index (χ1n) is 5.25. The number of hydrogen-bond acceptors (Lipinski definition) is 3. The molecule has 17 heavy (non-hydrogen) atoms. The molecule has 0 fully saturated rings. The van der Waals surface area contributed by atoms with Gasteiger partial charge in [0.15, 0.2) is 11.7 Å². The van der Waals surface area contributed by atoms with Crippen LogP contribution in [0.3, 0.4) is 0 Å². The topological polar surface area (TPSA) is 74.7 Å². The van der Waals surface area contributed by atoms with Crippen molar-refractivity contribution in [2.45, 2.75) is 6.92 Å². The minimum atomic E-state index is -1.61. The lowest BCUT2D eigenvalue weighted by Crippen LogP contribution is -2.47. The van der Waals surface area contributed by atoms with Gasteiger partial charge in [-0.15, -0.1) is 0 Å². The molecule has 0 aromatic heterocycles. The van der Waals surface area contributed by atoms with Gasteiger partial charge < -0.3 is 10.0 Å². The Morgan fingerprint density at radius 2 is 2.00 bits per heavy atom. The van der Waals surface area contributed by atoms with Gasteiger partial charge in [-0.25, -0.2) is 0 Å². The van der Waals surface area contributed by atoms with Crippen molar-refractivity contribution in [1.82, 2.24) is 0 Å². The van der Waals surface area contributed by atoms with Crippen LogP contribution in [-0.2, 0) is 9.59 Å². The van der Waals surface area contributed by atoms with E-state index in [2.05, 4.69) is 0 Å². The van der Waals surface area contributed by atoms with E-state index in [9.17, 15) is 14.4 Å². The molecule has 0 unspecified atom stereocenters. The van der Waals surface area contributed by atoms with Crippen molar-refractivity contribution < 1.29 is 19.5 Å². The second kappa shape index (κ2) is 4.01. The van der Waals surface area contributed by atoms with E-state index in [-0.39, 0.29) is 0 Å². The highest BCUT2D eigenvalue weighted by atomic mass is 16.4. The summed E-state index contributed by atoms with van der Waals surface area (Å²) in [6.45, 7) is 2.08. The minimum absolute atomic E-state index is 0.293. The summed E-state index contributed by atoms with van der Waals surface area (Å²) in [5, 5.41) is 8.95. The predicted molar refractivity (Wildman–Crippen MR) is 59.9 cm³/mol. The van der Waals surface area contributed by atoms with Crippen molar-refractivity contribution in [1.29, 1.82) is 0 Å². The van der Waals surface area contributed by atoms with Crippen LogP contribution in [0.15, 0.2) is 24.3 Å². The van der Waals surface area contributed by atoms with Gasteiger partial charge in [0, 0.05) is 12.1 Å². The fourth-order valence-electron chi connectivity index (χ4n) is 2.00. The number of carbonyl (C=O) groups is 3. The molecule has 1 amide bonds. The molecule has 88 valence electrons. The number of Topliss-reactive ketones (excluding diaryl/α,β-unsaturated/α-hetero) is 1. The summed E-state index contributed by atoms with van der Waals surface area (Å²) >= 11 is 0. The Labute approximate surface area is 97.7 Å². The molecule has 0 spiro atoms. The molecular weight excluding hydrogens is 222 g/mol. The van der Waals surface area contributed by atoms with E-state index < -0.39 is 23.6 Å². The first kappa shape index (κ1) is 11.3. The number of carbonyl (C=O) groups excluding carboxylic acids is 2. The van der Waals surface area contributed by atoms with Gasteiger partial charge in [0.1, 0.15) is 0 Å². The van der Waals surface area contributed by atoms with Crippen LogP contribution in [-0.4, -0.2) is 29.3 Å². The number of ketones is 1. The molecule has 5 heteroatoms. The van der Waals surface area contributed by atoms with Crippen LogP contribution in [0.1, 0.15) is 17.3 Å². The molecule has 1 aliphatic heterocycles. The Bertz CT molecular complexity index is 509. The molecule has 0 saturated heterocycles. The standard InChI is InChI=1S/C12H11NO4/c1-2-13-8-6-4-3-5-7(8)10(14)9(11(13)15)12(16)17/h3-6,9H,2H2,1H3,(H,16,17)/t9-/m1/s1. The number of aliphatic carboxylic acids is 1. The summed E-state index contributed by atoms with van der Waals surface area (Å²) in [5.41, 5.74) is 0.781. The highest BCUT2D eigenvalue weighted by Crippen LogP contribution is 2.30. The van der Waals surface area contributed by atoms with E-state index >= 15 is 0 Å². The normalized spacial score (nSPS) is 19.1. The van der Waals surface area contributed by atoms with Crippen molar-refractivity contribution in [2.24, 2.45) is 5.92 Å². The Hall–Kier alpha value is -2.17. The van der Waals surface area contributed by atoms with Gasteiger partial charge in [-0.2, -0.15) is 0 Å². The quantitative estimate of drug-likeness (QED) is 0.771. The molecule has 1 heterocycles. The van der Waals surface area contributed by atoms with Crippen molar-refractivity contribution >= 4 is 23.3 Å². The van der Waals surface area contributed by atoms with Crippen LogP contribution in [0, 0.1) is 5.92 Å². The molecule has 5 nitrogen and oxygen atoms in total. The first-order valence-corrected chi connectivity index (χ1v) is 5.25. The molecule has 0 saturated carbocycles. The lowest BCUT2D eigenvalue weighted by Gasteiger charge is -2.30. The highest BCUT2D eigenvalue weighted by Gasteiger charge is 2.43. The summed E-state index contributed by atoms with van der Waals surface area (Å²) in [6, 6.07) is 6.55. The van der Waals surface area contributed by atoms with Crippen LogP contribution in [0.5, 0.6) is 0 Å². The van der Waals surface area contributed by atoms with Gasteiger partial charge >= 0.3 is 5.97 Å². The molecule has 2 rings (SSSR count). The average Bonchev–Trinajstić information content (AvgIpc) is 2.29. The number of carboxylic acid groups (broad SMARTS) is 1. The fraction of sp³-hybridized carbons (Fsp3) is 0.250. The van der Waals surface area contributed by atoms with Crippen LogP contribution in [0.2, 0.25) is 0 Å². The number of fused-ring (bicyclic) bond motifs is 1. The lowest BCUT2D eigenvalue weighted by atomic mass is 9.90. The summed E-state index contributed by atoms with van der Waals surface area (Å²) in [5.74, 6) is -4.30. The van der Waals surface area contributed by atoms with Gasteiger partial charge in [-0.05, 0) is 19.1 Å². The molecule has 1 aromatic rings. The summed E-state index contributed by atoms with van der Waals surface area (Å²) in [7, 11) is 0. The van der Waals surface area contributed by atoms with E-state index in [1.807, 2.05) is 0 Å². The SMILES string of the molecule is CCN1C(=O)[C@H](C(=O)O)C(=O)c2ccccc21. The van der Waals surface area contributed by atoms with Crippen molar-refractivity contribution in [2.75, 3.05) is 11.4 Å². The maximum Gasteiger partial charge on any atom is 0.324 e. The Kier molecular flexibility index (Phi) is 2.67. The fourth-order valence-corrected chi connectivity index (χ4v) is 2.00. The van der Waals surface area contributed by atoms with E-state index in [0.717, 1.165) is 0 Å². The maximum atomic E-state index is 11.9. The van der Waals surface area contributed by atoms with E-state index in [4.69, 9.17) is 5.11 Å². The van der Waals surface area contributed by atoms with Crippen molar-refractivity contribution in [3.63, 3.8) is 0 Å². The smallest absolute Gasteiger partial charge is 0.324 e. The Morgan fingerprint density at radius 3 is 2.59 bits per heavy atom. The lowest BCUT2D eigenvalue weighted by molar-refractivity contribution is -0.144. The summed E-state index contributed by atoms with van der Waals surface area (Å²) in [6.07, 6.45) is 0. The molecule has 1 atom stereocenters. The zero-order valence-electron chi connectivity index (χ0n) is 9.21. The average molecular weight is 233 g/mol. The molecule has 0 aliphatic carbocycles. The molecule has 0 radical (unpaired) electrons. The van der Waals surface area contributed by atoms with Crippen LogP contribution < -0.4 is 4.90 Å². The predicted octanol–water partition coefficient (Wildman–Crippen LogP) is 0.937. The summed E-state index contributed by atoms with van der Waals surface area (Å²) < 4.78 is 0. The number of anilines is 1. The number of amides is 1.